The number of carbonyl (C=O) groups excluding carboxylic acids is 1. The van der Waals surface area contributed by atoms with E-state index in [2.05, 4.69) is 0 Å². The molecule has 1 aliphatic rings. The quantitative estimate of drug-likeness (QED) is 0.877. The van der Waals surface area contributed by atoms with Crippen molar-refractivity contribution in [3.8, 4) is 0 Å². The number of rotatable bonds is 6. The Morgan fingerprint density at radius 3 is 2.22 bits per heavy atom. The van der Waals surface area contributed by atoms with Crippen molar-refractivity contribution in [3.05, 3.63) is 35.4 Å². The molecule has 128 valence electrons. The molecule has 0 unspecified atom stereocenters. The van der Waals surface area contributed by atoms with Crippen molar-refractivity contribution in [2.75, 3.05) is 34.3 Å². The van der Waals surface area contributed by atoms with Crippen LogP contribution in [0, 0.1) is 12.3 Å². The monoisotopic (exact) mass is 318 g/mol. The SMILES string of the molecule is Cc1ccc([C@H](C(=O)N(C)CC2(CO)CCCC2)N(C)C)cc1. The molecular weight excluding hydrogens is 288 g/mol. The molecule has 1 fully saturated rings. The molecule has 1 saturated carbocycles. The summed E-state index contributed by atoms with van der Waals surface area (Å²) in [6, 6.07) is 7.88. The van der Waals surface area contributed by atoms with E-state index in [1.165, 1.54) is 5.56 Å². The number of hydrogen-bond donors (Lipinski definition) is 1. The van der Waals surface area contributed by atoms with Crippen LogP contribution < -0.4 is 0 Å². The Bertz CT molecular complexity index is 519. The fourth-order valence-corrected chi connectivity index (χ4v) is 3.69. The fraction of sp³-hybridized carbons (Fsp3) is 0.632. The Morgan fingerprint density at radius 2 is 1.74 bits per heavy atom. The van der Waals surface area contributed by atoms with E-state index in [4.69, 9.17) is 0 Å². The van der Waals surface area contributed by atoms with E-state index in [0.29, 0.717) is 6.54 Å². The van der Waals surface area contributed by atoms with E-state index in [9.17, 15) is 9.90 Å². The van der Waals surface area contributed by atoms with E-state index in [1.54, 1.807) is 0 Å². The second-order valence-corrected chi connectivity index (χ2v) is 7.34. The van der Waals surface area contributed by atoms with Crippen LogP contribution in [0.15, 0.2) is 24.3 Å². The number of aliphatic hydroxyl groups is 1. The topological polar surface area (TPSA) is 43.8 Å². The molecule has 0 bridgehead atoms. The first-order valence-electron chi connectivity index (χ1n) is 8.47. The lowest BCUT2D eigenvalue weighted by Gasteiger charge is -2.35. The highest BCUT2D eigenvalue weighted by Crippen LogP contribution is 2.38. The average Bonchev–Trinajstić information content (AvgIpc) is 2.98. The van der Waals surface area contributed by atoms with Crippen molar-refractivity contribution in [1.29, 1.82) is 0 Å². The van der Waals surface area contributed by atoms with Crippen LogP contribution in [0.2, 0.25) is 0 Å². The Labute approximate surface area is 140 Å². The minimum Gasteiger partial charge on any atom is -0.396 e. The Balaban J connectivity index is 2.15. The Hall–Kier alpha value is -1.39. The molecule has 23 heavy (non-hydrogen) atoms. The molecule has 1 atom stereocenters. The normalized spacial score (nSPS) is 18.2. The molecule has 1 aromatic rings. The maximum Gasteiger partial charge on any atom is 0.244 e. The highest BCUT2D eigenvalue weighted by atomic mass is 16.3. The second-order valence-electron chi connectivity index (χ2n) is 7.34. The van der Waals surface area contributed by atoms with Crippen molar-refractivity contribution in [1.82, 2.24) is 9.80 Å². The smallest absolute Gasteiger partial charge is 0.244 e. The maximum atomic E-state index is 13.0. The second kappa shape index (κ2) is 7.45. The zero-order valence-electron chi connectivity index (χ0n) is 14.9. The molecule has 0 saturated heterocycles. The van der Waals surface area contributed by atoms with Gasteiger partial charge in [0.2, 0.25) is 5.91 Å². The number of hydrogen-bond acceptors (Lipinski definition) is 3. The summed E-state index contributed by atoms with van der Waals surface area (Å²) in [6.45, 7) is 2.85. The van der Waals surface area contributed by atoms with E-state index in [1.807, 2.05) is 62.1 Å². The van der Waals surface area contributed by atoms with Crippen LogP contribution in [0.5, 0.6) is 0 Å². The zero-order valence-corrected chi connectivity index (χ0v) is 14.9. The summed E-state index contributed by atoms with van der Waals surface area (Å²) < 4.78 is 0. The molecule has 0 radical (unpaired) electrons. The van der Waals surface area contributed by atoms with Gasteiger partial charge in [-0.05, 0) is 39.4 Å². The van der Waals surface area contributed by atoms with Gasteiger partial charge in [-0.25, -0.2) is 0 Å². The Kier molecular flexibility index (Phi) is 5.82. The lowest BCUT2D eigenvalue weighted by atomic mass is 9.86. The molecule has 1 aromatic carbocycles. The summed E-state index contributed by atoms with van der Waals surface area (Å²) in [5, 5.41) is 9.79. The van der Waals surface area contributed by atoms with Crippen LogP contribution in [0.1, 0.15) is 42.9 Å². The summed E-state index contributed by atoms with van der Waals surface area (Å²) in [4.78, 5) is 16.8. The zero-order chi connectivity index (χ0) is 17.0. The number of likely N-dealkylation sites (N-methyl/N-ethyl adjacent to an activating group) is 2. The summed E-state index contributed by atoms with van der Waals surface area (Å²) in [7, 11) is 5.74. The third-order valence-corrected chi connectivity index (χ3v) is 5.09. The molecule has 0 spiro atoms. The van der Waals surface area contributed by atoms with Gasteiger partial charge in [-0.15, -0.1) is 0 Å². The van der Waals surface area contributed by atoms with Gasteiger partial charge in [-0.1, -0.05) is 42.7 Å². The Morgan fingerprint density at radius 1 is 1.17 bits per heavy atom. The molecule has 0 aliphatic heterocycles. The van der Waals surface area contributed by atoms with Crippen molar-refractivity contribution >= 4 is 5.91 Å². The van der Waals surface area contributed by atoms with Crippen LogP contribution in [0.3, 0.4) is 0 Å². The summed E-state index contributed by atoms with van der Waals surface area (Å²) >= 11 is 0. The predicted octanol–water partition coefficient (Wildman–Crippen LogP) is 2.61. The predicted molar refractivity (Wildman–Crippen MR) is 93.2 cm³/mol. The van der Waals surface area contributed by atoms with E-state index in [0.717, 1.165) is 31.2 Å². The highest BCUT2D eigenvalue weighted by Gasteiger charge is 2.37. The largest absolute Gasteiger partial charge is 0.396 e. The van der Waals surface area contributed by atoms with Gasteiger partial charge in [0.05, 0.1) is 6.61 Å². The molecule has 0 heterocycles. The molecule has 1 amide bonds. The van der Waals surface area contributed by atoms with Crippen molar-refractivity contribution in [2.24, 2.45) is 5.41 Å². The molecule has 0 aromatic heterocycles. The van der Waals surface area contributed by atoms with Gasteiger partial charge in [0.15, 0.2) is 0 Å². The molecule has 1 N–H and O–H groups in total. The molecule has 4 nitrogen and oxygen atoms in total. The first-order valence-corrected chi connectivity index (χ1v) is 8.47. The van der Waals surface area contributed by atoms with Gasteiger partial charge in [0, 0.05) is 19.0 Å². The molecular formula is C19H30N2O2. The van der Waals surface area contributed by atoms with E-state index < -0.39 is 0 Å². The van der Waals surface area contributed by atoms with Crippen LogP contribution in [-0.4, -0.2) is 55.1 Å². The van der Waals surface area contributed by atoms with E-state index >= 15 is 0 Å². The number of nitrogens with zero attached hydrogens (tertiary/aromatic N) is 2. The van der Waals surface area contributed by atoms with E-state index in [-0.39, 0.29) is 24.0 Å². The van der Waals surface area contributed by atoms with Gasteiger partial charge in [-0.2, -0.15) is 0 Å². The maximum absolute atomic E-state index is 13.0. The first kappa shape index (κ1) is 18.0. The minimum absolute atomic E-state index is 0.0959. The lowest BCUT2D eigenvalue weighted by molar-refractivity contribution is -0.137. The molecule has 2 rings (SSSR count). The summed E-state index contributed by atoms with van der Waals surface area (Å²) in [5.41, 5.74) is 2.10. The first-order chi connectivity index (χ1) is 10.9. The third-order valence-electron chi connectivity index (χ3n) is 5.09. The van der Waals surface area contributed by atoms with Gasteiger partial charge < -0.3 is 10.0 Å². The van der Waals surface area contributed by atoms with Gasteiger partial charge >= 0.3 is 0 Å². The van der Waals surface area contributed by atoms with Crippen LogP contribution >= 0.6 is 0 Å². The highest BCUT2D eigenvalue weighted by molar-refractivity contribution is 5.83. The van der Waals surface area contributed by atoms with Gasteiger partial charge in [0.25, 0.3) is 0 Å². The van der Waals surface area contributed by atoms with Crippen molar-refractivity contribution < 1.29 is 9.90 Å². The lowest BCUT2D eigenvalue weighted by Crippen LogP contribution is -2.44. The number of aliphatic hydroxyl groups excluding tert-OH is 1. The number of carbonyl (C=O) groups is 1. The van der Waals surface area contributed by atoms with Crippen LogP contribution in [0.25, 0.3) is 0 Å². The van der Waals surface area contributed by atoms with Crippen LogP contribution in [0.4, 0.5) is 0 Å². The standard InChI is InChI=1S/C19H30N2O2/c1-15-7-9-16(10-8-15)17(20(2)3)18(23)21(4)13-19(14-22)11-5-6-12-19/h7-10,17,22H,5-6,11-14H2,1-4H3/t17-/m1/s1. The summed E-state index contributed by atoms with van der Waals surface area (Å²) in [5.74, 6) is 0.0959. The number of aryl methyl sites for hydroxylation is 1. The molecule has 1 aliphatic carbocycles. The van der Waals surface area contributed by atoms with Crippen molar-refractivity contribution in [2.45, 2.75) is 38.6 Å². The minimum atomic E-state index is -0.280. The van der Waals surface area contributed by atoms with Crippen molar-refractivity contribution in [3.63, 3.8) is 0 Å². The number of amides is 1. The number of benzene rings is 1. The third kappa shape index (κ3) is 4.12. The fourth-order valence-electron chi connectivity index (χ4n) is 3.69. The van der Waals surface area contributed by atoms with Crippen LogP contribution in [-0.2, 0) is 4.79 Å². The summed E-state index contributed by atoms with van der Waals surface area (Å²) in [6.07, 6.45) is 4.33. The molecule has 4 heteroatoms. The van der Waals surface area contributed by atoms with Gasteiger partial charge in [-0.3, -0.25) is 9.69 Å². The van der Waals surface area contributed by atoms with Gasteiger partial charge in [0.1, 0.15) is 6.04 Å². The average molecular weight is 318 g/mol.